The van der Waals surface area contributed by atoms with Crippen molar-refractivity contribution < 1.29 is 9.32 Å². The smallest absolute Gasteiger partial charge is 0.263 e. The van der Waals surface area contributed by atoms with Gasteiger partial charge in [-0.1, -0.05) is 19.0 Å². The second-order valence-corrected chi connectivity index (χ2v) is 6.65. The molecule has 1 N–H and O–H groups in total. The molecule has 0 radical (unpaired) electrons. The molecule has 0 aliphatic heterocycles. The topological polar surface area (TPSA) is 105 Å². The summed E-state index contributed by atoms with van der Waals surface area (Å²) in [6, 6.07) is 0. The third-order valence-corrected chi connectivity index (χ3v) is 3.83. The Kier molecular flexibility index (Phi) is 4.46. The van der Waals surface area contributed by atoms with Crippen LogP contribution >= 0.6 is 0 Å². The predicted octanol–water partition coefficient (Wildman–Crippen LogP) is 1.50. The Hall–Kier alpha value is -2.51. The van der Waals surface area contributed by atoms with Gasteiger partial charge in [-0.15, -0.1) is 0 Å². The van der Waals surface area contributed by atoms with Crippen LogP contribution in [0.2, 0.25) is 0 Å². The molecule has 3 rings (SSSR count). The summed E-state index contributed by atoms with van der Waals surface area (Å²) in [5.41, 5.74) is -0.390. The Morgan fingerprint density at radius 3 is 2.83 bits per heavy atom. The molecule has 1 fully saturated rings. The fraction of sp³-hybridized carbons (Fsp3) is 0.562. The van der Waals surface area contributed by atoms with Gasteiger partial charge in [-0.3, -0.25) is 9.59 Å². The average molecular weight is 331 g/mol. The summed E-state index contributed by atoms with van der Waals surface area (Å²) in [4.78, 5) is 37.1. The van der Waals surface area contributed by atoms with E-state index in [4.69, 9.17) is 4.52 Å². The van der Waals surface area contributed by atoms with E-state index in [9.17, 15) is 9.59 Å². The fourth-order valence-electron chi connectivity index (χ4n) is 2.41. The molecule has 24 heavy (non-hydrogen) atoms. The molecule has 8 nitrogen and oxygen atoms in total. The van der Waals surface area contributed by atoms with Crippen LogP contribution in [0.3, 0.4) is 0 Å². The van der Waals surface area contributed by atoms with Gasteiger partial charge in [0.2, 0.25) is 5.89 Å². The highest BCUT2D eigenvalue weighted by Gasteiger charge is 2.27. The van der Waals surface area contributed by atoms with E-state index in [-0.39, 0.29) is 12.1 Å². The third-order valence-electron chi connectivity index (χ3n) is 3.83. The minimum Gasteiger partial charge on any atom is -0.337 e. The van der Waals surface area contributed by atoms with E-state index in [0.29, 0.717) is 35.8 Å². The Bertz CT molecular complexity index is 791. The number of carbonyl (C=O) groups is 1. The highest BCUT2D eigenvalue weighted by atomic mass is 16.5. The monoisotopic (exact) mass is 331 g/mol. The molecule has 0 bridgehead atoms. The summed E-state index contributed by atoms with van der Waals surface area (Å²) in [6.45, 7) is 4.28. The number of hydrogen-bond acceptors (Lipinski definition) is 6. The zero-order chi connectivity index (χ0) is 17.3. The first-order valence-corrected chi connectivity index (χ1v) is 8.10. The number of rotatable bonds is 6. The van der Waals surface area contributed by atoms with Crippen LogP contribution in [-0.4, -0.2) is 38.0 Å². The number of H-pyrrole nitrogens is 1. The van der Waals surface area contributed by atoms with Crippen molar-refractivity contribution in [3.8, 4) is 0 Å². The van der Waals surface area contributed by atoms with Crippen LogP contribution in [0, 0.1) is 5.92 Å². The summed E-state index contributed by atoms with van der Waals surface area (Å²) in [7, 11) is 1.59. The van der Waals surface area contributed by atoms with E-state index >= 15 is 0 Å². The van der Waals surface area contributed by atoms with Gasteiger partial charge >= 0.3 is 0 Å². The maximum absolute atomic E-state index is 12.4. The van der Waals surface area contributed by atoms with Crippen molar-refractivity contribution in [2.24, 2.45) is 5.92 Å². The van der Waals surface area contributed by atoms with Crippen molar-refractivity contribution >= 4 is 5.91 Å². The lowest BCUT2D eigenvalue weighted by Gasteiger charge is -2.14. The number of amides is 1. The summed E-state index contributed by atoms with van der Waals surface area (Å²) >= 11 is 0. The normalized spacial score (nSPS) is 14.2. The van der Waals surface area contributed by atoms with Gasteiger partial charge < -0.3 is 14.4 Å². The summed E-state index contributed by atoms with van der Waals surface area (Å²) < 4.78 is 5.15. The number of aromatic nitrogens is 4. The van der Waals surface area contributed by atoms with Crippen molar-refractivity contribution in [2.45, 2.75) is 45.6 Å². The van der Waals surface area contributed by atoms with Gasteiger partial charge in [0.25, 0.3) is 11.5 Å². The fourth-order valence-corrected chi connectivity index (χ4v) is 2.41. The lowest BCUT2D eigenvalue weighted by atomic mass is 10.1. The molecule has 0 aromatic carbocycles. The van der Waals surface area contributed by atoms with E-state index in [1.165, 1.54) is 11.1 Å². The molecule has 2 heterocycles. The molecule has 0 atom stereocenters. The van der Waals surface area contributed by atoms with Crippen molar-refractivity contribution in [1.29, 1.82) is 0 Å². The van der Waals surface area contributed by atoms with Crippen molar-refractivity contribution in [2.75, 3.05) is 7.05 Å². The van der Waals surface area contributed by atoms with E-state index in [1.54, 1.807) is 7.05 Å². The molecular formula is C16H21N5O3. The van der Waals surface area contributed by atoms with Crippen LogP contribution in [0.15, 0.2) is 15.5 Å². The van der Waals surface area contributed by atoms with Gasteiger partial charge in [0.05, 0.1) is 6.54 Å². The first-order chi connectivity index (χ1) is 11.4. The number of carbonyl (C=O) groups excluding carboxylic acids is 1. The molecule has 128 valence electrons. The van der Waals surface area contributed by atoms with Crippen LogP contribution < -0.4 is 5.56 Å². The SMILES string of the molecule is CC(C)Cc1noc(CN(C)C(=O)c2cnc(C3CC3)[nH]c2=O)n1. The van der Waals surface area contributed by atoms with Crippen molar-refractivity contribution in [3.63, 3.8) is 0 Å². The summed E-state index contributed by atoms with van der Waals surface area (Å²) in [6.07, 6.45) is 4.13. The quantitative estimate of drug-likeness (QED) is 0.860. The molecule has 1 aliphatic carbocycles. The Balaban J connectivity index is 1.68. The largest absolute Gasteiger partial charge is 0.337 e. The first-order valence-electron chi connectivity index (χ1n) is 8.10. The summed E-state index contributed by atoms with van der Waals surface area (Å²) in [5.74, 6) is 1.96. The maximum Gasteiger partial charge on any atom is 0.263 e. The molecule has 2 aromatic rings. The van der Waals surface area contributed by atoms with Gasteiger partial charge in [-0.2, -0.15) is 4.98 Å². The van der Waals surface area contributed by atoms with Gasteiger partial charge in [-0.25, -0.2) is 4.98 Å². The van der Waals surface area contributed by atoms with Crippen LogP contribution in [0.1, 0.15) is 60.5 Å². The maximum atomic E-state index is 12.4. The lowest BCUT2D eigenvalue weighted by Crippen LogP contribution is -2.32. The zero-order valence-corrected chi connectivity index (χ0v) is 14.1. The molecule has 8 heteroatoms. The van der Waals surface area contributed by atoms with Crippen molar-refractivity contribution in [3.05, 3.63) is 39.7 Å². The molecular weight excluding hydrogens is 310 g/mol. The van der Waals surface area contributed by atoms with E-state index in [2.05, 4.69) is 34.0 Å². The molecule has 1 saturated carbocycles. The number of aromatic amines is 1. The molecule has 0 unspecified atom stereocenters. The van der Waals surface area contributed by atoms with E-state index in [0.717, 1.165) is 12.8 Å². The van der Waals surface area contributed by atoms with Gasteiger partial charge in [0.15, 0.2) is 5.82 Å². The van der Waals surface area contributed by atoms with E-state index < -0.39 is 11.5 Å². The number of hydrogen-bond donors (Lipinski definition) is 1. The van der Waals surface area contributed by atoms with Crippen LogP contribution in [0.4, 0.5) is 0 Å². The zero-order valence-electron chi connectivity index (χ0n) is 14.1. The molecule has 2 aromatic heterocycles. The predicted molar refractivity (Wildman–Crippen MR) is 85.5 cm³/mol. The minimum atomic E-state index is -0.422. The van der Waals surface area contributed by atoms with Crippen LogP contribution in [0.5, 0.6) is 0 Å². The van der Waals surface area contributed by atoms with Crippen LogP contribution in [-0.2, 0) is 13.0 Å². The lowest BCUT2D eigenvalue weighted by molar-refractivity contribution is 0.0767. The average Bonchev–Trinajstić information content (AvgIpc) is 3.28. The summed E-state index contributed by atoms with van der Waals surface area (Å²) in [5, 5.41) is 3.89. The second kappa shape index (κ2) is 6.54. The van der Waals surface area contributed by atoms with Gasteiger partial charge in [-0.05, 0) is 18.8 Å². The van der Waals surface area contributed by atoms with Crippen LogP contribution in [0.25, 0.3) is 0 Å². The molecule has 0 spiro atoms. The molecule has 0 saturated heterocycles. The van der Waals surface area contributed by atoms with E-state index in [1.807, 2.05) is 0 Å². The van der Waals surface area contributed by atoms with Crippen molar-refractivity contribution in [1.82, 2.24) is 25.0 Å². The highest BCUT2D eigenvalue weighted by molar-refractivity contribution is 5.93. The minimum absolute atomic E-state index is 0.0174. The second-order valence-electron chi connectivity index (χ2n) is 6.65. The van der Waals surface area contributed by atoms with Gasteiger partial charge in [0, 0.05) is 25.6 Å². The number of nitrogens with zero attached hydrogens (tertiary/aromatic N) is 4. The Morgan fingerprint density at radius 1 is 1.46 bits per heavy atom. The van der Waals surface area contributed by atoms with Gasteiger partial charge in [0.1, 0.15) is 11.4 Å². The Labute approximate surface area is 139 Å². The molecule has 1 amide bonds. The highest BCUT2D eigenvalue weighted by Crippen LogP contribution is 2.37. The number of nitrogens with one attached hydrogen (secondary N) is 1. The first kappa shape index (κ1) is 16.4. The third kappa shape index (κ3) is 3.69. The Morgan fingerprint density at radius 2 is 2.21 bits per heavy atom. The standard InChI is InChI=1S/C16H21N5O3/c1-9(2)6-12-18-13(24-20-12)8-21(3)16(23)11-7-17-14(10-4-5-10)19-15(11)22/h7,9-10H,4-6,8H2,1-3H3,(H,17,19,22). The molecule has 1 aliphatic rings.